The number of hydrogen-bond donors (Lipinski definition) is 1. The number of imidazole rings is 1. The standard InChI is InChI=1S/C9H12N2O2/c1-11-4-7(10-5-11)9(13)8(12)6-2-3-6/h4-6,8,12H,2-3H2,1H3. The van der Waals surface area contributed by atoms with E-state index < -0.39 is 6.10 Å². The molecule has 4 heteroatoms. The van der Waals surface area contributed by atoms with Gasteiger partial charge < -0.3 is 9.67 Å². The Kier molecular flexibility index (Phi) is 1.92. The van der Waals surface area contributed by atoms with Gasteiger partial charge in [0.05, 0.1) is 6.33 Å². The van der Waals surface area contributed by atoms with Gasteiger partial charge in [0.15, 0.2) is 0 Å². The van der Waals surface area contributed by atoms with Crippen LogP contribution in [0.25, 0.3) is 0 Å². The molecule has 0 saturated heterocycles. The second-order valence-electron chi connectivity index (χ2n) is 3.57. The van der Waals surface area contributed by atoms with E-state index in [0.29, 0.717) is 5.69 Å². The summed E-state index contributed by atoms with van der Waals surface area (Å²) in [6.07, 6.45) is 4.27. The highest BCUT2D eigenvalue weighted by molar-refractivity contribution is 5.97. The molecule has 0 aliphatic heterocycles. The van der Waals surface area contributed by atoms with Gasteiger partial charge in [0.1, 0.15) is 11.8 Å². The smallest absolute Gasteiger partial charge is 0.211 e. The first-order valence-electron chi connectivity index (χ1n) is 4.38. The minimum absolute atomic E-state index is 0.175. The fourth-order valence-electron chi connectivity index (χ4n) is 1.32. The van der Waals surface area contributed by atoms with E-state index in [2.05, 4.69) is 4.98 Å². The monoisotopic (exact) mass is 180 g/mol. The van der Waals surface area contributed by atoms with Crippen LogP contribution in [-0.2, 0) is 7.05 Å². The highest BCUT2D eigenvalue weighted by atomic mass is 16.3. The first kappa shape index (κ1) is 8.44. The van der Waals surface area contributed by atoms with Crippen LogP contribution < -0.4 is 0 Å². The molecule has 1 saturated carbocycles. The van der Waals surface area contributed by atoms with Crippen molar-refractivity contribution in [2.24, 2.45) is 13.0 Å². The molecule has 0 spiro atoms. The molecule has 13 heavy (non-hydrogen) atoms. The summed E-state index contributed by atoms with van der Waals surface area (Å²) in [6.45, 7) is 0. The zero-order valence-electron chi connectivity index (χ0n) is 7.47. The third-order valence-corrected chi connectivity index (χ3v) is 2.29. The maximum absolute atomic E-state index is 11.5. The van der Waals surface area contributed by atoms with Crippen LogP contribution in [-0.4, -0.2) is 26.5 Å². The lowest BCUT2D eigenvalue weighted by Gasteiger charge is -2.04. The fourth-order valence-corrected chi connectivity index (χ4v) is 1.32. The lowest BCUT2D eigenvalue weighted by molar-refractivity contribution is 0.0699. The Bertz CT molecular complexity index is 328. The molecular weight excluding hydrogens is 168 g/mol. The molecular formula is C9H12N2O2. The quantitative estimate of drug-likeness (QED) is 0.684. The van der Waals surface area contributed by atoms with Crippen LogP contribution in [0.3, 0.4) is 0 Å². The number of aryl methyl sites for hydroxylation is 1. The summed E-state index contributed by atoms with van der Waals surface area (Å²) < 4.78 is 1.70. The Balaban J connectivity index is 2.11. The molecule has 1 unspecified atom stereocenters. The molecule has 0 radical (unpaired) electrons. The number of hydrogen-bond acceptors (Lipinski definition) is 3. The molecule has 1 heterocycles. The van der Waals surface area contributed by atoms with Crippen molar-refractivity contribution in [2.45, 2.75) is 18.9 Å². The molecule has 0 aromatic carbocycles. The van der Waals surface area contributed by atoms with Gasteiger partial charge in [-0.1, -0.05) is 0 Å². The Morgan fingerprint density at radius 2 is 2.46 bits per heavy atom. The molecule has 70 valence electrons. The molecule has 2 rings (SSSR count). The van der Waals surface area contributed by atoms with Gasteiger partial charge in [-0.2, -0.15) is 0 Å². The summed E-state index contributed by atoms with van der Waals surface area (Å²) in [5.74, 6) is -0.0717. The summed E-state index contributed by atoms with van der Waals surface area (Å²) in [6, 6.07) is 0. The van der Waals surface area contributed by atoms with Crippen molar-refractivity contribution < 1.29 is 9.90 Å². The molecule has 0 amide bonds. The summed E-state index contributed by atoms with van der Waals surface area (Å²) in [5.41, 5.74) is 0.363. The molecule has 0 bridgehead atoms. The molecule has 4 nitrogen and oxygen atoms in total. The van der Waals surface area contributed by atoms with E-state index in [-0.39, 0.29) is 11.7 Å². The van der Waals surface area contributed by atoms with Gasteiger partial charge in [-0.05, 0) is 18.8 Å². The summed E-state index contributed by atoms with van der Waals surface area (Å²) in [5, 5.41) is 9.52. The highest BCUT2D eigenvalue weighted by Crippen LogP contribution is 2.33. The highest BCUT2D eigenvalue weighted by Gasteiger charge is 2.35. The van der Waals surface area contributed by atoms with Crippen LogP contribution in [0.4, 0.5) is 0 Å². The van der Waals surface area contributed by atoms with Crippen LogP contribution in [0.1, 0.15) is 23.3 Å². The van der Waals surface area contributed by atoms with Gasteiger partial charge in [-0.25, -0.2) is 4.98 Å². The van der Waals surface area contributed by atoms with E-state index in [1.807, 2.05) is 0 Å². The van der Waals surface area contributed by atoms with Crippen molar-refractivity contribution in [3.63, 3.8) is 0 Å². The van der Waals surface area contributed by atoms with Crippen LogP contribution in [0, 0.1) is 5.92 Å². The summed E-state index contributed by atoms with van der Waals surface area (Å²) in [7, 11) is 1.80. The van der Waals surface area contributed by atoms with Crippen molar-refractivity contribution in [3.8, 4) is 0 Å². The number of Topliss-reactive ketones (excluding diaryl/α,β-unsaturated/α-hetero) is 1. The fraction of sp³-hybridized carbons (Fsp3) is 0.556. The Morgan fingerprint density at radius 3 is 2.92 bits per heavy atom. The van der Waals surface area contributed by atoms with Gasteiger partial charge in [-0.15, -0.1) is 0 Å². The SMILES string of the molecule is Cn1cnc(C(=O)C(O)C2CC2)c1. The second kappa shape index (κ2) is 2.96. The zero-order chi connectivity index (χ0) is 9.42. The van der Waals surface area contributed by atoms with E-state index in [1.165, 1.54) is 0 Å². The van der Waals surface area contributed by atoms with E-state index >= 15 is 0 Å². The molecule has 1 aromatic rings. The Hall–Kier alpha value is -1.16. The number of carbonyl (C=O) groups excluding carboxylic acids is 1. The minimum atomic E-state index is -0.838. The van der Waals surface area contributed by atoms with Crippen LogP contribution in [0.2, 0.25) is 0 Å². The first-order chi connectivity index (χ1) is 6.18. The van der Waals surface area contributed by atoms with E-state index in [9.17, 15) is 9.90 Å². The average Bonchev–Trinajstić information content (AvgIpc) is 2.87. The van der Waals surface area contributed by atoms with Crippen molar-refractivity contribution in [2.75, 3.05) is 0 Å². The molecule has 1 N–H and O–H groups in total. The number of rotatable bonds is 3. The topological polar surface area (TPSA) is 55.1 Å². The Labute approximate surface area is 76.2 Å². The Morgan fingerprint density at radius 1 is 1.77 bits per heavy atom. The van der Waals surface area contributed by atoms with Crippen LogP contribution >= 0.6 is 0 Å². The molecule has 1 aliphatic rings. The summed E-state index contributed by atoms with van der Waals surface area (Å²) in [4.78, 5) is 15.4. The number of nitrogens with zero attached hydrogens (tertiary/aromatic N) is 2. The van der Waals surface area contributed by atoms with Gasteiger partial charge in [-0.3, -0.25) is 4.79 Å². The molecule has 1 aliphatic carbocycles. The lowest BCUT2D eigenvalue weighted by atomic mass is 10.1. The zero-order valence-corrected chi connectivity index (χ0v) is 7.47. The number of aromatic nitrogens is 2. The molecule has 1 fully saturated rings. The maximum Gasteiger partial charge on any atom is 0.211 e. The van der Waals surface area contributed by atoms with Gasteiger partial charge in [0.2, 0.25) is 5.78 Å². The number of carbonyl (C=O) groups is 1. The summed E-state index contributed by atoms with van der Waals surface area (Å²) >= 11 is 0. The van der Waals surface area contributed by atoms with Gasteiger partial charge >= 0.3 is 0 Å². The third kappa shape index (κ3) is 1.62. The number of ketones is 1. The molecule has 1 atom stereocenters. The predicted octanol–water partition coefficient (Wildman–Crippen LogP) is 0.374. The predicted molar refractivity (Wildman–Crippen MR) is 46.3 cm³/mol. The average molecular weight is 180 g/mol. The van der Waals surface area contributed by atoms with Gasteiger partial charge in [0, 0.05) is 13.2 Å². The third-order valence-electron chi connectivity index (χ3n) is 2.29. The normalized spacial score (nSPS) is 18.6. The maximum atomic E-state index is 11.5. The van der Waals surface area contributed by atoms with E-state index in [0.717, 1.165) is 12.8 Å². The molecule has 1 aromatic heterocycles. The van der Waals surface area contributed by atoms with E-state index in [4.69, 9.17) is 0 Å². The second-order valence-corrected chi connectivity index (χ2v) is 3.57. The number of aliphatic hydroxyl groups is 1. The number of aliphatic hydroxyl groups excluding tert-OH is 1. The largest absolute Gasteiger partial charge is 0.385 e. The van der Waals surface area contributed by atoms with Crippen molar-refractivity contribution in [3.05, 3.63) is 18.2 Å². The van der Waals surface area contributed by atoms with Crippen molar-refractivity contribution in [1.29, 1.82) is 0 Å². The van der Waals surface area contributed by atoms with E-state index in [1.54, 1.807) is 24.1 Å². The van der Waals surface area contributed by atoms with Crippen molar-refractivity contribution in [1.82, 2.24) is 9.55 Å². The first-order valence-corrected chi connectivity index (χ1v) is 4.38. The van der Waals surface area contributed by atoms with Crippen LogP contribution in [0.5, 0.6) is 0 Å². The van der Waals surface area contributed by atoms with Crippen molar-refractivity contribution >= 4 is 5.78 Å². The van der Waals surface area contributed by atoms with Gasteiger partial charge in [0.25, 0.3) is 0 Å². The van der Waals surface area contributed by atoms with Crippen LogP contribution in [0.15, 0.2) is 12.5 Å². The lowest BCUT2D eigenvalue weighted by Crippen LogP contribution is -2.22. The minimum Gasteiger partial charge on any atom is -0.385 e.